The average molecular weight is 427 g/mol. The van der Waals surface area contributed by atoms with E-state index >= 15 is 0 Å². The summed E-state index contributed by atoms with van der Waals surface area (Å²) in [7, 11) is 0. The zero-order chi connectivity index (χ0) is 20.7. The SMILES string of the molecule is CC(C)n1ncc2c(C(=O)N3CCCCC3C3OCCO3)cc(-c3cccs3)nc21. The summed E-state index contributed by atoms with van der Waals surface area (Å²) < 4.78 is 13.4. The zero-order valence-electron chi connectivity index (χ0n) is 17.3. The van der Waals surface area contributed by atoms with E-state index < -0.39 is 0 Å². The highest BCUT2D eigenvalue weighted by molar-refractivity contribution is 7.13. The topological polar surface area (TPSA) is 69.5 Å². The third kappa shape index (κ3) is 3.42. The van der Waals surface area contributed by atoms with Crippen molar-refractivity contribution in [3.8, 4) is 10.6 Å². The molecule has 3 aromatic heterocycles. The van der Waals surface area contributed by atoms with Crippen LogP contribution in [0.3, 0.4) is 0 Å². The van der Waals surface area contributed by atoms with Gasteiger partial charge in [0.2, 0.25) is 0 Å². The smallest absolute Gasteiger partial charge is 0.255 e. The lowest BCUT2D eigenvalue weighted by Crippen LogP contribution is -2.50. The van der Waals surface area contributed by atoms with E-state index in [1.807, 2.05) is 33.2 Å². The Balaban J connectivity index is 1.60. The number of fused-ring (bicyclic) bond motifs is 1. The van der Waals surface area contributed by atoms with Crippen LogP contribution in [0.1, 0.15) is 49.5 Å². The summed E-state index contributed by atoms with van der Waals surface area (Å²) in [6, 6.07) is 6.06. The molecule has 2 saturated heterocycles. The Bertz CT molecular complexity index is 1040. The molecule has 8 heteroatoms. The van der Waals surface area contributed by atoms with Crippen LogP contribution in [0.4, 0.5) is 0 Å². The van der Waals surface area contributed by atoms with E-state index in [-0.39, 0.29) is 24.3 Å². The molecule has 0 saturated carbocycles. The number of ether oxygens (including phenoxy) is 2. The van der Waals surface area contributed by atoms with Crippen molar-refractivity contribution >= 4 is 28.3 Å². The fraction of sp³-hybridized carbons (Fsp3) is 0.500. The highest BCUT2D eigenvalue weighted by Gasteiger charge is 2.37. The van der Waals surface area contributed by atoms with Gasteiger partial charge in [-0.25, -0.2) is 9.67 Å². The lowest BCUT2D eigenvalue weighted by atomic mass is 9.99. The number of likely N-dealkylation sites (tertiary alicyclic amines) is 1. The van der Waals surface area contributed by atoms with Crippen LogP contribution in [0.5, 0.6) is 0 Å². The predicted octanol–water partition coefficient (Wildman–Crippen LogP) is 4.11. The van der Waals surface area contributed by atoms with Gasteiger partial charge < -0.3 is 14.4 Å². The molecule has 0 aliphatic carbocycles. The standard InChI is InChI=1S/C22H26N4O3S/c1-14(2)26-20-16(13-23-26)15(12-17(24-20)19-7-5-11-30-19)21(27)25-8-4-3-6-18(25)22-28-9-10-29-22/h5,7,11-14,18,22H,3-4,6,8-10H2,1-2H3. The van der Waals surface area contributed by atoms with E-state index in [9.17, 15) is 4.79 Å². The Morgan fingerprint density at radius 2 is 2.10 bits per heavy atom. The normalized spacial score (nSPS) is 20.5. The molecule has 0 radical (unpaired) electrons. The summed E-state index contributed by atoms with van der Waals surface area (Å²) in [5.74, 6) is 0.00677. The molecule has 158 valence electrons. The predicted molar refractivity (Wildman–Crippen MR) is 116 cm³/mol. The van der Waals surface area contributed by atoms with E-state index in [0.717, 1.165) is 40.9 Å². The molecule has 0 bridgehead atoms. The van der Waals surface area contributed by atoms with Crippen LogP contribution in [-0.4, -0.2) is 57.7 Å². The minimum Gasteiger partial charge on any atom is -0.348 e. The van der Waals surface area contributed by atoms with Crippen molar-refractivity contribution < 1.29 is 14.3 Å². The van der Waals surface area contributed by atoms with Crippen LogP contribution in [0, 0.1) is 0 Å². The lowest BCUT2D eigenvalue weighted by Gasteiger charge is -2.38. The molecule has 2 aliphatic rings. The number of pyridine rings is 1. The molecule has 1 unspecified atom stereocenters. The summed E-state index contributed by atoms with van der Waals surface area (Å²) in [6.07, 6.45) is 4.41. The Hall–Kier alpha value is -2.29. The number of carbonyl (C=O) groups excluding carboxylic acids is 1. The largest absolute Gasteiger partial charge is 0.348 e. The van der Waals surface area contributed by atoms with Crippen molar-refractivity contribution in [3.05, 3.63) is 35.3 Å². The Labute approximate surface area is 179 Å². The fourth-order valence-corrected chi connectivity index (χ4v) is 5.06. The van der Waals surface area contributed by atoms with E-state index in [0.29, 0.717) is 25.3 Å². The van der Waals surface area contributed by atoms with Crippen molar-refractivity contribution in [2.24, 2.45) is 0 Å². The first-order chi connectivity index (χ1) is 14.6. The first-order valence-electron chi connectivity index (χ1n) is 10.6. The quantitative estimate of drug-likeness (QED) is 0.628. The second-order valence-corrected chi connectivity index (χ2v) is 9.07. The highest BCUT2D eigenvalue weighted by atomic mass is 32.1. The molecule has 1 atom stereocenters. The third-order valence-corrected chi connectivity index (χ3v) is 6.72. The van der Waals surface area contributed by atoms with Crippen molar-refractivity contribution in [3.63, 3.8) is 0 Å². The molecule has 2 fully saturated rings. The summed E-state index contributed by atoms with van der Waals surface area (Å²) in [4.78, 5) is 21.7. The van der Waals surface area contributed by atoms with Gasteiger partial charge in [0.05, 0.1) is 47.0 Å². The van der Waals surface area contributed by atoms with Gasteiger partial charge in [-0.3, -0.25) is 4.79 Å². The Kier molecular flexibility index (Phi) is 5.30. The van der Waals surface area contributed by atoms with E-state index in [1.54, 1.807) is 17.5 Å². The molecule has 7 nitrogen and oxygen atoms in total. The van der Waals surface area contributed by atoms with Crippen molar-refractivity contribution in [1.29, 1.82) is 0 Å². The van der Waals surface area contributed by atoms with Gasteiger partial charge >= 0.3 is 0 Å². The van der Waals surface area contributed by atoms with E-state index in [2.05, 4.69) is 18.9 Å². The maximum Gasteiger partial charge on any atom is 0.255 e. The average Bonchev–Trinajstić information content (AvgIpc) is 3.53. The van der Waals surface area contributed by atoms with Crippen LogP contribution in [0.2, 0.25) is 0 Å². The summed E-state index contributed by atoms with van der Waals surface area (Å²) in [5.41, 5.74) is 2.21. The molecule has 5 rings (SSSR count). The van der Waals surface area contributed by atoms with Crippen LogP contribution in [0.25, 0.3) is 21.6 Å². The van der Waals surface area contributed by atoms with Crippen LogP contribution < -0.4 is 0 Å². The minimum absolute atomic E-state index is 0.00677. The number of aromatic nitrogens is 3. The van der Waals surface area contributed by atoms with Gasteiger partial charge in [-0.15, -0.1) is 11.3 Å². The number of thiophene rings is 1. The summed E-state index contributed by atoms with van der Waals surface area (Å²) in [5, 5.41) is 7.36. The number of amides is 1. The molecule has 30 heavy (non-hydrogen) atoms. The van der Waals surface area contributed by atoms with Crippen LogP contribution in [0.15, 0.2) is 29.8 Å². The van der Waals surface area contributed by atoms with Gasteiger partial charge in [0.15, 0.2) is 11.9 Å². The molecule has 1 amide bonds. The lowest BCUT2D eigenvalue weighted by molar-refractivity contribution is -0.100. The monoisotopic (exact) mass is 426 g/mol. The number of hydrogen-bond acceptors (Lipinski definition) is 6. The first-order valence-corrected chi connectivity index (χ1v) is 11.5. The molecule has 0 N–H and O–H groups in total. The first kappa shape index (κ1) is 19.7. The molecule has 0 spiro atoms. The molecular formula is C22H26N4O3S. The molecule has 2 aliphatic heterocycles. The van der Waals surface area contributed by atoms with Crippen molar-refractivity contribution in [1.82, 2.24) is 19.7 Å². The van der Waals surface area contributed by atoms with Crippen molar-refractivity contribution in [2.75, 3.05) is 19.8 Å². The minimum atomic E-state index is -0.332. The van der Waals surface area contributed by atoms with Gasteiger partial charge in [0.1, 0.15) is 0 Å². The zero-order valence-corrected chi connectivity index (χ0v) is 18.1. The van der Waals surface area contributed by atoms with Gasteiger partial charge in [-0.1, -0.05) is 6.07 Å². The Morgan fingerprint density at radius 1 is 1.27 bits per heavy atom. The molecule has 0 aromatic carbocycles. The molecule has 5 heterocycles. The number of rotatable bonds is 4. The molecular weight excluding hydrogens is 400 g/mol. The second kappa shape index (κ2) is 8.09. The molecule has 3 aromatic rings. The number of piperidine rings is 1. The van der Waals surface area contributed by atoms with Gasteiger partial charge in [0.25, 0.3) is 5.91 Å². The summed E-state index contributed by atoms with van der Waals surface area (Å²) in [6.45, 7) is 6.04. The van der Waals surface area contributed by atoms with Crippen molar-refractivity contribution in [2.45, 2.75) is 51.5 Å². The van der Waals surface area contributed by atoms with E-state index in [4.69, 9.17) is 14.5 Å². The number of carbonyl (C=O) groups is 1. The van der Waals surface area contributed by atoms with Gasteiger partial charge in [-0.05, 0) is 50.6 Å². The van der Waals surface area contributed by atoms with Crippen LogP contribution in [-0.2, 0) is 9.47 Å². The van der Waals surface area contributed by atoms with E-state index in [1.165, 1.54) is 0 Å². The van der Waals surface area contributed by atoms with Crippen LogP contribution >= 0.6 is 11.3 Å². The summed E-state index contributed by atoms with van der Waals surface area (Å²) >= 11 is 1.62. The Morgan fingerprint density at radius 3 is 2.83 bits per heavy atom. The maximum atomic E-state index is 13.8. The number of hydrogen-bond donors (Lipinski definition) is 0. The number of nitrogens with zero attached hydrogens (tertiary/aromatic N) is 4. The van der Waals surface area contributed by atoms with Gasteiger partial charge in [-0.2, -0.15) is 5.10 Å². The second-order valence-electron chi connectivity index (χ2n) is 8.12. The fourth-order valence-electron chi connectivity index (χ4n) is 4.37. The third-order valence-electron chi connectivity index (χ3n) is 5.83. The maximum absolute atomic E-state index is 13.8. The highest BCUT2D eigenvalue weighted by Crippen LogP contribution is 2.32. The van der Waals surface area contributed by atoms with Gasteiger partial charge in [0, 0.05) is 12.6 Å².